The SMILES string of the molecule is CCNC(=O)c1cc2n(n1)C[C@@H](c1ccc(Cl)cc1)OC2. The fourth-order valence-electron chi connectivity index (χ4n) is 2.37. The van der Waals surface area contributed by atoms with E-state index in [1.165, 1.54) is 0 Å². The van der Waals surface area contributed by atoms with Crippen LogP contribution in [-0.2, 0) is 17.9 Å². The zero-order valence-corrected chi connectivity index (χ0v) is 12.4. The van der Waals surface area contributed by atoms with Crippen LogP contribution < -0.4 is 5.32 Å². The molecule has 0 bridgehead atoms. The number of benzene rings is 1. The van der Waals surface area contributed by atoms with Crippen LogP contribution in [0.25, 0.3) is 0 Å². The van der Waals surface area contributed by atoms with Crippen LogP contribution in [0.3, 0.4) is 0 Å². The number of nitrogens with one attached hydrogen (secondary N) is 1. The summed E-state index contributed by atoms with van der Waals surface area (Å²) < 4.78 is 7.69. The van der Waals surface area contributed by atoms with E-state index in [4.69, 9.17) is 16.3 Å². The Balaban J connectivity index is 1.79. The quantitative estimate of drug-likeness (QED) is 0.948. The second kappa shape index (κ2) is 5.87. The first kappa shape index (κ1) is 14.1. The molecule has 0 fully saturated rings. The van der Waals surface area contributed by atoms with Crippen molar-refractivity contribution in [2.24, 2.45) is 0 Å². The lowest BCUT2D eigenvalue weighted by Gasteiger charge is -2.24. The minimum Gasteiger partial charge on any atom is -0.365 e. The molecule has 1 aromatic heterocycles. The first-order valence-corrected chi connectivity index (χ1v) is 7.27. The minimum atomic E-state index is -0.151. The number of hydrogen-bond donors (Lipinski definition) is 1. The molecule has 21 heavy (non-hydrogen) atoms. The highest BCUT2D eigenvalue weighted by Crippen LogP contribution is 2.27. The Labute approximate surface area is 127 Å². The van der Waals surface area contributed by atoms with Gasteiger partial charge in [0.05, 0.1) is 18.8 Å². The van der Waals surface area contributed by atoms with E-state index in [9.17, 15) is 4.79 Å². The third-order valence-corrected chi connectivity index (χ3v) is 3.70. The molecule has 110 valence electrons. The Morgan fingerprint density at radius 2 is 2.24 bits per heavy atom. The highest BCUT2D eigenvalue weighted by Gasteiger charge is 2.23. The number of rotatable bonds is 3. The summed E-state index contributed by atoms with van der Waals surface area (Å²) in [5.74, 6) is -0.151. The highest BCUT2D eigenvalue weighted by atomic mass is 35.5. The average Bonchev–Trinajstić information content (AvgIpc) is 2.91. The van der Waals surface area contributed by atoms with E-state index < -0.39 is 0 Å². The van der Waals surface area contributed by atoms with Crippen molar-refractivity contribution in [3.63, 3.8) is 0 Å². The smallest absolute Gasteiger partial charge is 0.271 e. The lowest BCUT2D eigenvalue weighted by molar-refractivity contribution is -0.00119. The van der Waals surface area contributed by atoms with Gasteiger partial charge in [-0.25, -0.2) is 0 Å². The second-order valence-electron chi connectivity index (χ2n) is 4.91. The minimum absolute atomic E-state index is 0.0725. The van der Waals surface area contributed by atoms with Crippen molar-refractivity contribution < 1.29 is 9.53 Å². The van der Waals surface area contributed by atoms with Crippen LogP contribution in [0.2, 0.25) is 5.02 Å². The number of halogens is 1. The van der Waals surface area contributed by atoms with Gasteiger partial charge in [-0.3, -0.25) is 9.48 Å². The fraction of sp³-hybridized carbons (Fsp3) is 0.333. The molecule has 0 spiro atoms. The van der Waals surface area contributed by atoms with Gasteiger partial charge in [-0.1, -0.05) is 23.7 Å². The number of carbonyl (C=O) groups excluding carboxylic acids is 1. The van der Waals surface area contributed by atoms with E-state index in [2.05, 4.69) is 10.4 Å². The Bertz CT molecular complexity index is 651. The van der Waals surface area contributed by atoms with Gasteiger partial charge in [0.2, 0.25) is 0 Å². The molecule has 0 radical (unpaired) electrons. The van der Waals surface area contributed by atoms with Crippen LogP contribution in [0.5, 0.6) is 0 Å². The summed E-state index contributed by atoms with van der Waals surface area (Å²) in [5.41, 5.74) is 2.41. The Morgan fingerprint density at radius 3 is 2.95 bits per heavy atom. The third-order valence-electron chi connectivity index (χ3n) is 3.45. The van der Waals surface area contributed by atoms with E-state index in [1.807, 2.05) is 35.9 Å². The molecular formula is C15H16ClN3O2. The lowest BCUT2D eigenvalue weighted by atomic mass is 10.1. The maximum absolute atomic E-state index is 11.8. The molecule has 0 unspecified atom stereocenters. The Morgan fingerprint density at radius 1 is 1.48 bits per heavy atom. The zero-order valence-electron chi connectivity index (χ0n) is 11.7. The molecule has 1 atom stereocenters. The number of nitrogens with zero attached hydrogens (tertiary/aromatic N) is 2. The van der Waals surface area contributed by atoms with Crippen molar-refractivity contribution in [1.82, 2.24) is 15.1 Å². The summed E-state index contributed by atoms with van der Waals surface area (Å²) in [5, 5.41) is 7.81. The predicted octanol–water partition coefficient (Wildman–Crippen LogP) is 2.56. The standard InChI is InChI=1S/C15H16ClN3O2/c1-2-17-15(20)13-7-12-9-21-14(8-19(12)18-13)10-3-5-11(16)6-4-10/h3-7,14H,2,8-9H2,1H3,(H,17,20)/t14-/m0/s1. The van der Waals surface area contributed by atoms with Gasteiger partial charge in [-0.15, -0.1) is 0 Å². The van der Waals surface area contributed by atoms with E-state index in [1.54, 1.807) is 6.07 Å². The maximum atomic E-state index is 11.8. The van der Waals surface area contributed by atoms with Gasteiger partial charge in [-0.05, 0) is 30.7 Å². The van der Waals surface area contributed by atoms with Crippen LogP contribution >= 0.6 is 11.6 Å². The topological polar surface area (TPSA) is 56.2 Å². The number of hydrogen-bond acceptors (Lipinski definition) is 3. The normalized spacial score (nSPS) is 17.3. The zero-order chi connectivity index (χ0) is 14.8. The number of ether oxygens (including phenoxy) is 1. The van der Waals surface area contributed by atoms with Crippen LogP contribution in [0.4, 0.5) is 0 Å². The molecule has 2 aromatic rings. The molecule has 1 N–H and O–H groups in total. The summed E-state index contributed by atoms with van der Waals surface area (Å²) in [6, 6.07) is 9.37. The summed E-state index contributed by atoms with van der Waals surface area (Å²) in [6.07, 6.45) is -0.0725. The van der Waals surface area contributed by atoms with E-state index >= 15 is 0 Å². The third kappa shape index (κ3) is 2.94. The van der Waals surface area contributed by atoms with Crippen LogP contribution in [0.15, 0.2) is 30.3 Å². The van der Waals surface area contributed by atoms with Crippen molar-refractivity contribution in [3.8, 4) is 0 Å². The van der Waals surface area contributed by atoms with Gasteiger partial charge in [0.1, 0.15) is 6.10 Å². The lowest BCUT2D eigenvalue weighted by Crippen LogP contribution is -2.24. The Hall–Kier alpha value is -1.85. The molecule has 3 rings (SSSR count). The van der Waals surface area contributed by atoms with Gasteiger partial charge in [0.15, 0.2) is 5.69 Å². The Kier molecular flexibility index (Phi) is 3.94. The van der Waals surface area contributed by atoms with Gasteiger partial charge < -0.3 is 10.1 Å². The van der Waals surface area contributed by atoms with Gasteiger partial charge >= 0.3 is 0 Å². The fourth-order valence-corrected chi connectivity index (χ4v) is 2.49. The molecule has 0 aliphatic carbocycles. The largest absolute Gasteiger partial charge is 0.365 e. The molecule has 1 aromatic carbocycles. The van der Waals surface area contributed by atoms with Crippen molar-refractivity contribution in [2.75, 3.05) is 6.54 Å². The molecule has 0 saturated carbocycles. The van der Waals surface area contributed by atoms with Crippen LogP contribution in [0, 0.1) is 0 Å². The van der Waals surface area contributed by atoms with Crippen LogP contribution in [0.1, 0.15) is 34.8 Å². The highest BCUT2D eigenvalue weighted by molar-refractivity contribution is 6.30. The van der Waals surface area contributed by atoms with Crippen molar-refractivity contribution in [2.45, 2.75) is 26.2 Å². The maximum Gasteiger partial charge on any atom is 0.271 e. The molecule has 5 nitrogen and oxygen atoms in total. The van der Waals surface area contributed by atoms with E-state index in [0.717, 1.165) is 11.3 Å². The first-order valence-electron chi connectivity index (χ1n) is 6.89. The predicted molar refractivity (Wildman–Crippen MR) is 79.2 cm³/mol. The van der Waals surface area contributed by atoms with E-state index in [-0.39, 0.29) is 12.0 Å². The second-order valence-corrected chi connectivity index (χ2v) is 5.35. The van der Waals surface area contributed by atoms with Gasteiger partial charge in [0.25, 0.3) is 5.91 Å². The van der Waals surface area contributed by atoms with Crippen molar-refractivity contribution in [3.05, 3.63) is 52.3 Å². The monoisotopic (exact) mass is 305 g/mol. The molecule has 0 saturated heterocycles. The molecule has 6 heteroatoms. The number of aromatic nitrogens is 2. The molecule has 1 amide bonds. The number of amides is 1. The van der Waals surface area contributed by atoms with E-state index in [0.29, 0.717) is 30.4 Å². The molecule has 1 aliphatic rings. The summed E-state index contributed by atoms with van der Waals surface area (Å²) >= 11 is 5.90. The average molecular weight is 306 g/mol. The van der Waals surface area contributed by atoms with Gasteiger partial charge in [-0.2, -0.15) is 5.10 Å². The van der Waals surface area contributed by atoms with Crippen LogP contribution in [-0.4, -0.2) is 22.2 Å². The number of carbonyl (C=O) groups is 1. The summed E-state index contributed by atoms with van der Waals surface area (Å²) in [7, 11) is 0. The molecule has 1 aliphatic heterocycles. The van der Waals surface area contributed by atoms with Crippen molar-refractivity contribution >= 4 is 17.5 Å². The molecular weight excluding hydrogens is 290 g/mol. The summed E-state index contributed by atoms with van der Waals surface area (Å²) in [4.78, 5) is 11.8. The number of fused-ring (bicyclic) bond motifs is 1. The first-order chi connectivity index (χ1) is 10.2. The molecule has 2 heterocycles. The summed E-state index contributed by atoms with van der Waals surface area (Å²) in [6.45, 7) is 3.51. The van der Waals surface area contributed by atoms with Gasteiger partial charge in [0, 0.05) is 11.6 Å². The van der Waals surface area contributed by atoms with Crippen molar-refractivity contribution in [1.29, 1.82) is 0 Å².